The van der Waals surface area contributed by atoms with Crippen molar-refractivity contribution in [2.75, 3.05) is 6.54 Å². The van der Waals surface area contributed by atoms with Crippen molar-refractivity contribution in [2.24, 2.45) is 0 Å². The van der Waals surface area contributed by atoms with E-state index in [4.69, 9.17) is 0 Å². The molecule has 0 fully saturated rings. The lowest BCUT2D eigenvalue weighted by Gasteiger charge is -2.06. The van der Waals surface area contributed by atoms with Gasteiger partial charge in [-0.05, 0) is 30.7 Å². The number of nitrogens with one attached hydrogen (secondary N) is 1. The van der Waals surface area contributed by atoms with Gasteiger partial charge in [-0.3, -0.25) is 4.79 Å². The van der Waals surface area contributed by atoms with E-state index in [2.05, 4.69) is 5.32 Å². The second kappa shape index (κ2) is 5.52. The maximum Gasteiger partial charge on any atom is 0.416 e. The number of benzene rings is 1. The largest absolute Gasteiger partial charge is 0.416 e. The molecule has 17 heavy (non-hydrogen) atoms. The van der Waals surface area contributed by atoms with Crippen LogP contribution in [-0.2, 0) is 11.0 Å². The molecule has 5 heteroatoms. The fourth-order valence-electron chi connectivity index (χ4n) is 1.22. The lowest BCUT2D eigenvalue weighted by molar-refractivity contribution is -0.137. The zero-order chi connectivity index (χ0) is 12.9. The molecular weight excluding hydrogens is 231 g/mol. The third-order valence-electron chi connectivity index (χ3n) is 1.99. The Morgan fingerprint density at radius 2 is 2.12 bits per heavy atom. The first-order valence-corrected chi connectivity index (χ1v) is 5.06. The Hall–Kier alpha value is -1.78. The van der Waals surface area contributed by atoms with Gasteiger partial charge in [-0.1, -0.05) is 12.1 Å². The van der Waals surface area contributed by atoms with Crippen LogP contribution in [0.3, 0.4) is 0 Å². The fourth-order valence-corrected chi connectivity index (χ4v) is 1.22. The van der Waals surface area contributed by atoms with Crippen molar-refractivity contribution < 1.29 is 18.0 Å². The second-order valence-electron chi connectivity index (χ2n) is 3.35. The first kappa shape index (κ1) is 13.3. The van der Waals surface area contributed by atoms with Crippen LogP contribution in [0.25, 0.3) is 6.08 Å². The second-order valence-corrected chi connectivity index (χ2v) is 3.35. The standard InChI is InChI=1S/C12H12F3NO/c1-2-16-11(17)7-6-9-4-3-5-10(8-9)12(13,14)15/h3-8H,2H2,1H3,(H,16,17)/b7-6+. The number of carbonyl (C=O) groups is 1. The van der Waals surface area contributed by atoms with Crippen LogP contribution in [0.2, 0.25) is 0 Å². The summed E-state index contributed by atoms with van der Waals surface area (Å²) in [5.74, 6) is -0.329. The van der Waals surface area contributed by atoms with Crippen molar-refractivity contribution in [2.45, 2.75) is 13.1 Å². The molecule has 0 aliphatic rings. The molecule has 0 heterocycles. The van der Waals surface area contributed by atoms with E-state index in [1.54, 1.807) is 6.92 Å². The van der Waals surface area contributed by atoms with E-state index in [1.165, 1.54) is 24.3 Å². The van der Waals surface area contributed by atoms with Gasteiger partial charge in [0.25, 0.3) is 0 Å². The molecule has 0 radical (unpaired) electrons. The highest BCUT2D eigenvalue weighted by atomic mass is 19.4. The van der Waals surface area contributed by atoms with Crippen molar-refractivity contribution in [3.8, 4) is 0 Å². The molecule has 92 valence electrons. The number of hydrogen-bond donors (Lipinski definition) is 1. The minimum atomic E-state index is -4.37. The molecule has 1 amide bonds. The Morgan fingerprint density at radius 1 is 1.41 bits per heavy atom. The molecule has 1 aromatic rings. The lowest BCUT2D eigenvalue weighted by atomic mass is 10.1. The molecule has 0 unspecified atom stereocenters. The summed E-state index contributed by atoms with van der Waals surface area (Å²) in [6.07, 6.45) is -1.81. The topological polar surface area (TPSA) is 29.1 Å². The summed E-state index contributed by atoms with van der Waals surface area (Å²) in [6, 6.07) is 4.80. The molecule has 0 aliphatic heterocycles. The number of hydrogen-bond acceptors (Lipinski definition) is 1. The molecule has 0 saturated carbocycles. The van der Waals surface area contributed by atoms with E-state index in [0.29, 0.717) is 12.1 Å². The monoisotopic (exact) mass is 243 g/mol. The van der Waals surface area contributed by atoms with Gasteiger partial charge >= 0.3 is 6.18 Å². The Labute approximate surface area is 97.1 Å². The van der Waals surface area contributed by atoms with Crippen LogP contribution in [0.5, 0.6) is 0 Å². The minimum Gasteiger partial charge on any atom is -0.353 e. The fraction of sp³-hybridized carbons (Fsp3) is 0.250. The number of alkyl halides is 3. The van der Waals surface area contributed by atoms with Crippen LogP contribution in [0.1, 0.15) is 18.1 Å². The molecule has 0 bridgehead atoms. The molecule has 0 atom stereocenters. The summed E-state index contributed by atoms with van der Waals surface area (Å²) >= 11 is 0. The Kier molecular flexibility index (Phi) is 4.31. The van der Waals surface area contributed by atoms with Gasteiger partial charge < -0.3 is 5.32 Å². The van der Waals surface area contributed by atoms with Crippen molar-refractivity contribution in [1.82, 2.24) is 5.32 Å². The molecule has 0 saturated heterocycles. The van der Waals surface area contributed by atoms with Gasteiger partial charge in [0, 0.05) is 12.6 Å². The maximum absolute atomic E-state index is 12.4. The van der Waals surface area contributed by atoms with E-state index in [1.807, 2.05) is 0 Å². The maximum atomic E-state index is 12.4. The van der Waals surface area contributed by atoms with E-state index in [9.17, 15) is 18.0 Å². The average Bonchev–Trinajstić information content (AvgIpc) is 2.26. The Balaban J connectivity index is 2.83. The average molecular weight is 243 g/mol. The van der Waals surface area contributed by atoms with Gasteiger partial charge in [0.15, 0.2) is 0 Å². The Morgan fingerprint density at radius 3 is 2.71 bits per heavy atom. The summed E-state index contributed by atoms with van der Waals surface area (Å²) in [5, 5.41) is 2.51. The van der Waals surface area contributed by atoms with Crippen LogP contribution in [0, 0.1) is 0 Å². The molecular formula is C12H12F3NO. The van der Waals surface area contributed by atoms with Crippen molar-refractivity contribution >= 4 is 12.0 Å². The predicted octanol–water partition coefficient (Wildman–Crippen LogP) is 2.85. The number of halogens is 3. The lowest BCUT2D eigenvalue weighted by Crippen LogP contribution is -2.19. The van der Waals surface area contributed by atoms with E-state index < -0.39 is 11.7 Å². The smallest absolute Gasteiger partial charge is 0.353 e. The molecule has 0 aromatic heterocycles. The normalized spacial score (nSPS) is 11.8. The summed E-state index contributed by atoms with van der Waals surface area (Å²) in [5.41, 5.74) is -0.387. The summed E-state index contributed by atoms with van der Waals surface area (Å²) < 4.78 is 37.2. The van der Waals surface area contributed by atoms with Gasteiger partial charge in [0.1, 0.15) is 0 Å². The SMILES string of the molecule is CCNC(=O)/C=C/c1cccc(C(F)(F)F)c1. The molecule has 1 N–H and O–H groups in total. The van der Waals surface area contributed by atoms with E-state index in [-0.39, 0.29) is 5.91 Å². The highest BCUT2D eigenvalue weighted by Gasteiger charge is 2.30. The zero-order valence-electron chi connectivity index (χ0n) is 9.21. The quantitative estimate of drug-likeness (QED) is 0.812. The highest BCUT2D eigenvalue weighted by Crippen LogP contribution is 2.29. The van der Waals surface area contributed by atoms with Crippen LogP contribution >= 0.6 is 0 Å². The summed E-state index contributed by atoms with van der Waals surface area (Å²) in [7, 11) is 0. The molecule has 0 spiro atoms. The van der Waals surface area contributed by atoms with Crippen molar-refractivity contribution in [3.63, 3.8) is 0 Å². The van der Waals surface area contributed by atoms with Crippen LogP contribution < -0.4 is 5.32 Å². The predicted molar refractivity (Wildman–Crippen MR) is 59.2 cm³/mol. The molecule has 1 rings (SSSR count). The third-order valence-corrected chi connectivity index (χ3v) is 1.99. The number of likely N-dealkylation sites (N-methyl/N-ethyl adjacent to an activating group) is 1. The van der Waals surface area contributed by atoms with Crippen molar-refractivity contribution in [3.05, 3.63) is 41.5 Å². The highest BCUT2D eigenvalue weighted by molar-refractivity contribution is 5.91. The van der Waals surface area contributed by atoms with Crippen LogP contribution in [0.15, 0.2) is 30.3 Å². The molecule has 0 aliphatic carbocycles. The number of carbonyl (C=O) groups excluding carboxylic acids is 1. The van der Waals surface area contributed by atoms with E-state index in [0.717, 1.165) is 12.1 Å². The van der Waals surface area contributed by atoms with E-state index >= 15 is 0 Å². The Bertz CT molecular complexity index is 424. The van der Waals surface area contributed by atoms with Crippen LogP contribution in [0.4, 0.5) is 13.2 Å². The van der Waals surface area contributed by atoms with Gasteiger partial charge in [0.2, 0.25) is 5.91 Å². The number of amides is 1. The number of rotatable bonds is 3. The molecule has 1 aromatic carbocycles. The van der Waals surface area contributed by atoms with Gasteiger partial charge in [-0.25, -0.2) is 0 Å². The first-order chi connectivity index (χ1) is 7.93. The van der Waals surface area contributed by atoms with Crippen molar-refractivity contribution in [1.29, 1.82) is 0 Å². The molecule has 2 nitrogen and oxygen atoms in total. The first-order valence-electron chi connectivity index (χ1n) is 5.06. The van der Waals surface area contributed by atoms with Gasteiger partial charge in [-0.2, -0.15) is 13.2 Å². The minimum absolute atomic E-state index is 0.329. The zero-order valence-corrected chi connectivity index (χ0v) is 9.21. The third kappa shape index (κ3) is 4.30. The van der Waals surface area contributed by atoms with Gasteiger partial charge in [0.05, 0.1) is 5.56 Å². The summed E-state index contributed by atoms with van der Waals surface area (Å²) in [4.78, 5) is 11.1. The van der Waals surface area contributed by atoms with Crippen LogP contribution in [-0.4, -0.2) is 12.5 Å². The van der Waals surface area contributed by atoms with Gasteiger partial charge in [-0.15, -0.1) is 0 Å². The summed E-state index contributed by atoms with van der Waals surface area (Å²) in [6.45, 7) is 2.24.